The van der Waals surface area contributed by atoms with Gasteiger partial charge in [0.1, 0.15) is 0 Å². The fourth-order valence-electron chi connectivity index (χ4n) is 0.846. The largest absolute Gasteiger partial charge is 0.468 e. The Morgan fingerprint density at radius 2 is 1.60 bits per heavy atom. The SMILES string of the molecule is COC(=O)[C@H](Cl)[C@@H](NC(C)=O)C(=O)OC. The zero-order valence-electron chi connectivity index (χ0n) is 8.57. The number of alkyl halides is 1. The van der Waals surface area contributed by atoms with Gasteiger partial charge in [0.15, 0.2) is 11.4 Å². The highest BCUT2D eigenvalue weighted by atomic mass is 35.5. The predicted molar refractivity (Wildman–Crippen MR) is 51.3 cm³/mol. The van der Waals surface area contributed by atoms with Crippen LogP contribution in [0.3, 0.4) is 0 Å². The third-order valence-electron chi connectivity index (χ3n) is 1.53. The highest BCUT2D eigenvalue weighted by molar-refractivity contribution is 6.32. The first kappa shape index (κ1) is 13.7. The minimum atomic E-state index is -1.31. The number of methoxy groups -OCH3 is 2. The highest BCUT2D eigenvalue weighted by Gasteiger charge is 2.34. The maximum absolute atomic E-state index is 11.2. The summed E-state index contributed by atoms with van der Waals surface area (Å²) in [6.45, 7) is 1.19. The fourth-order valence-corrected chi connectivity index (χ4v) is 1.10. The maximum atomic E-state index is 11.2. The third-order valence-corrected chi connectivity index (χ3v) is 1.96. The molecule has 1 amide bonds. The number of hydrogen-bond donors (Lipinski definition) is 1. The van der Waals surface area contributed by atoms with Crippen LogP contribution in [0.2, 0.25) is 0 Å². The van der Waals surface area contributed by atoms with Crippen LogP contribution in [0.15, 0.2) is 0 Å². The lowest BCUT2D eigenvalue weighted by molar-refractivity contribution is -0.150. The van der Waals surface area contributed by atoms with Gasteiger partial charge in [-0.25, -0.2) is 4.79 Å². The second-order valence-electron chi connectivity index (χ2n) is 2.63. The Balaban J connectivity index is 4.68. The average molecular weight is 238 g/mol. The number of halogens is 1. The molecule has 0 aliphatic rings. The lowest BCUT2D eigenvalue weighted by Gasteiger charge is -2.18. The summed E-state index contributed by atoms with van der Waals surface area (Å²) in [5.74, 6) is -2.13. The monoisotopic (exact) mass is 237 g/mol. The lowest BCUT2D eigenvalue weighted by Crippen LogP contribution is -2.49. The van der Waals surface area contributed by atoms with Crippen molar-refractivity contribution in [3.05, 3.63) is 0 Å². The Morgan fingerprint density at radius 3 is 1.93 bits per heavy atom. The van der Waals surface area contributed by atoms with Crippen molar-refractivity contribution < 1.29 is 23.9 Å². The Morgan fingerprint density at radius 1 is 1.13 bits per heavy atom. The molecule has 1 N–H and O–H groups in total. The summed E-state index contributed by atoms with van der Waals surface area (Å²) < 4.78 is 8.72. The maximum Gasteiger partial charge on any atom is 0.330 e. The standard InChI is InChI=1S/C8H12ClNO5/c1-4(11)10-6(8(13)15-3)5(9)7(12)14-2/h5-6H,1-3H3,(H,10,11)/t5-,6-/m1/s1. The minimum Gasteiger partial charge on any atom is -0.468 e. The smallest absolute Gasteiger partial charge is 0.330 e. The first-order chi connectivity index (χ1) is 6.93. The van der Waals surface area contributed by atoms with Crippen molar-refractivity contribution in [2.24, 2.45) is 0 Å². The average Bonchev–Trinajstić information content (AvgIpc) is 2.22. The molecule has 0 aliphatic heterocycles. The molecule has 2 atom stereocenters. The number of carbonyl (C=O) groups excluding carboxylic acids is 3. The van der Waals surface area contributed by atoms with Gasteiger partial charge in [0.2, 0.25) is 5.91 Å². The molecule has 0 aromatic rings. The second-order valence-corrected chi connectivity index (χ2v) is 3.10. The van der Waals surface area contributed by atoms with Gasteiger partial charge in [0.05, 0.1) is 14.2 Å². The number of nitrogens with one attached hydrogen (secondary N) is 1. The molecule has 86 valence electrons. The summed E-state index contributed by atoms with van der Waals surface area (Å²) in [5, 5.41) is 0.886. The van der Waals surface area contributed by atoms with Gasteiger partial charge in [-0.1, -0.05) is 0 Å². The molecule has 15 heavy (non-hydrogen) atoms. The Bertz CT molecular complexity index is 268. The van der Waals surface area contributed by atoms with Crippen molar-refractivity contribution in [2.75, 3.05) is 14.2 Å². The van der Waals surface area contributed by atoms with E-state index in [-0.39, 0.29) is 0 Å². The van der Waals surface area contributed by atoms with Crippen molar-refractivity contribution in [1.82, 2.24) is 5.32 Å². The van der Waals surface area contributed by atoms with Crippen LogP contribution in [0.25, 0.3) is 0 Å². The second kappa shape index (κ2) is 6.23. The summed E-state index contributed by atoms with van der Waals surface area (Å²) in [6, 6.07) is -1.25. The van der Waals surface area contributed by atoms with Gasteiger partial charge < -0.3 is 14.8 Å². The van der Waals surface area contributed by atoms with E-state index in [2.05, 4.69) is 14.8 Å². The van der Waals surface area contributed by atoms with Crippen LogP contribution in [-0.4, -0.2) is 43.5 Å². The number of hydrogen-bond acceptors (Lipinski definition) is 5. The molecule has 0 aromatic heterocycles. The predicted octanol–water partition coefficient (Wildman–Crippen LogP) is -0.556. The van der Waals surface area contributed by atoms with Crippen LogP contribution < -0.4 is 5.32 Å². The van der Waals surface area contributed by atoms with Crippen LogP contribution >= 0.6 is 11.6 Å². The molecule has 0 rings (SSSR count). The molecular weight excluding hydrogens is 226 g/mol. The van der Waals surface area contributed by atoms with E-state index in [1.54, 1.807) is 0 Å². The summed E-state index contributed by atoms with van der Waals surface area (Å²) in [6.07, 6.45) is 0. The van der Waals surface area contributed by atoms with Gasteiger partial charge in [0, 0.05) is 6.92 Å². The molecule has 0 radical (unpaired) electrons. The Kier molecular flexibility index (Phi) is 5.69. The van der Waals surface area contributed by atoms with Crippen LogP contribution in [-0.2, 0) is 23.9 Å². The van der Waals surface area contributed by atoms with Gasteiger partial charge in [-0.15, -0.1) is 11.6 Å². The van der Waals surface area contributed by atoms with Crippen molar-refractivity contribution in [3.8, 4) is 0 Å². The highest BCUT2D eigenvalue weighted by Crippen LogP contribution is 2.07. The molecular formula is C8H12ClNO5. The third kappa shape index (κ3) is 4.16. The van der Waals surface area contributed by atoms with Crippen molar-refractivity contribution in [3.63, 3.8) is 0 Å². The zero-order chi connectivity index (χ0) is 12.0. The van der Waals surface area contributed by atoms with Crippen molar-refractivity contribution >= 4 is 29.4 Å². The van der Waals surface area contributed by atoms with E-state index in [0.29, 0.717) is 0 Å². The van der Waals surface area contributed by atoms with Crippen LogP contribution in [0.5, 0.6) is 0 Å². The molecule has 0 spiro atoms. The quantitative estimate of drug-likeness (QED) is 0.524. The molecule has 0 heterocycles. The van der Waals surface area contributed by atoms with Gasteiger partial charge in [-0.05, 0) is 0 Å². The molecule has 0 fully saturated rings. The normalized spacial score (nSPS) is 13.6. The Hall–Kier alpha value is -1.30. The van der Waals surface area contributed by atoms with E-state index >= 15 is 0 Å². The van der Waals surface area contributed by atoms with Crippen molar-refractivity contribution in [2.45, 2.75) is 18.3 Å². The number of esters is 2. The lowest BCUT2D eigenvalue weighted by atomic mass is 10.2. The molecule has 6 nitrogen and oxygen atoms in total. The summed E-state index contributed by atoms with van der Waals surface area (Å²) in [7, 11) is 2.25. The van der Waals surface area contributed by atoms with Crippen LogP contribution in [0.4, 0.5) is 0 Å². The topological polar surface area (TPSA) is 81.7 Å². The van der Waals surface area contributed by atoms with Crippen LogP contribution in [0.1, 0.15) is 6.92 Å². The molecule has 0 unspecified atom stereocenters. The van der Waals surface area contributed by atoms with Gasteiger partial charge in [-0.3, -0.25) is 9.59 Å². The molecule has 0 saturated heterocycles. The summed E-state index contributed by atoms with van der Waals surface area (Å²) in [5.41, 5.74) is 0. The van der Waals surface area contributed by atoms with Crippen molar-refractivity contribution in [1.29, 1.82) is 0 Å². The van der Waals surface area contributed by atoms with E-state index in [9.17, 15) is 14.4 Å². The van der Waals surface area contributed by atoms with Gasteiger partial charge in [0.25, 0.3) is 0 Å². The molecule has 0 aromatic carbocycles. The van der Waals surface area contributed by atoms with Crippen LogP contribution in [0, 0.1) is 0 Å². The zero-order valence-corrected chi connectivity index (χ0v) is 9.33. The molecule has 0 aliphatic carbocycles. The van der Waals surface area contributed by atoms with E-state index < -0.39 is 29.3 Å². The number of rotatable bonds is 4. The molecule has 7 heteroatoms. The number of carbonyl (C=O) groups is 3. The Labute approximate surface area is 91.9 Å². The summed E-state index contributed by atoms with van der Waals surface area (Å²) in [4.78, 5) is 33.0. The van der Waals surface area contributed by atoms with E-state index in [1.807, 2.05) is 0 Å². The first-order valence-corrected chi connectivity index (χ1v) is 4.44. The first-order valence-electron chi connectivity index (χ1n) is 4.00. The minimum absolute atomic E-state index is 0.500. The molecule has 0 bridgehead atoms. The van der Waals surface area contributed by atoms with E-state index in [0.717, 1.165) is 14.2 Å². The van der Waals surface area contributed by atoms with E-state index in [1.165, 1.54) is 6.92 Å². The van der Waals surface area contributed by atoms with E-state index in [4.69, 9.17) is 11.6 Å². The fraction of sp³-hybridized carbons (Fsp3) is 0.625. The number of ether oxygens (including phenoxy) is 2. The number of amides is 1. The van der Waals surface area contributed by atoms with Gasteiger partial charge >= 0.3 is 11.9 Å². The summed E-state index contributed by atoms with van der Waals surface area (Å²) >= 11 is 5.63. The van der Waals surface area contributed by atoms with Gasteiger partial charge in [-0.2, -0.15) is 0 Å². The molecule has 0 saturated carbocycles.